The summed E-state index contributed by atoms with van der Waals surface area (Å²) in [6.07, 6.45) is 11.6. The molecule has 0 amide bonds. The number of thioether (sulfide) groups is 5. The van der Waals surface area contributed by atoms with E-state index in [1.165, 1.54) is 154 Å². The SMILES string of the molecule is CC.CC.CC.CC.CC.CC.CC.CC(C)C(c1ccccc1)c1ccccc1.CC(C)C1c2ccccc2SCc2ccc3c(c21)OCC=C3.CC(C)C1c2ccccc2SCc2ccc3c(c21)OCCCC3.CC(C)C1c2ccccc2SCc2ccc3ccccc3c21.CC(C)C1c2ccccc2SCc2ccc3ccoc3c21.CC(C)C1c2ccccc2SCc2oncc21. The van der Waals surface area contributed by atoms with Gasteiger partial charge in [0, 0.05) is 116 Å². The second-order valence-electron chi connectivity index (χ2n) is 35.0. The predicted octanol–water partition coefficient (Wildman–Crippen LogP) is 39.1. The molecule has 7 aliphatic heterocycles. The van der Waals surface area contributed by atoms with Gasteiger partial charge in [0.2, 0.25) is 0 Å². The van der Waals surface area contributed by atoms with Crippen LogP contribution in [-0.4, -0.2) is 18.4 Å². The molecule has 0 radical (unpaired) electrons. The Labute approximate surface area is 837 Å². The van der Waals surface area contributed by atoms with E-state index in [1.54, 1.807) is 5.56 Å². The standard InChI is InChI=1S/C21H24OS.C21H20S.C20H20OS.C19H18OS.C16H18.C14H15NOS.7C2H6/c1-14(2)19-17-8-3-4-9-18(17)23-13-16-11-10-15-7-5-6-12-22-21(15)20(16)19;1-14(2)20-18-9-5-6-10-19(18)22-13-16-12-11-15-7-3-4-8-17(15)21(16)20;1-13(2)18-16-7-3-4-8-17(16)22-12-15-10-9-14-6-5-11-21-20(14)19(15)18;1-12(2)17-15-5-3-4-6-16(15)21-11-14-8-7-13-9-10-20-19(13)18(14)17;1-13(2)16(14-9-5-3-6-10-14)15-11-7-4-8-12-15;1-9(2)14-10-5-3-4-6-13(10)17-8-12-11(14)7-15-16-12;7*1-2/h3-4,8-11,14,19H,5-7,12-13H2,1-2H3;3-12,14,20H,13H2,1-2H3;3-10,13,18H,11-12H2,1-2H3;3-10,12,17H,11H2,1-2H3;3-13,16H,1-2H3;3-7,9,14H,8H2,1-2H3;7*1-2H3. The third kappa shape index (κ3) is 26.8. The third-order valence-electron chi connectivity index (χ3n) is 24.9. The summed E-state index contributed by atoms with van der Waals surface area (Å²) in [6.45, 7) is 57.3. The number of furan rings is 1. The number of hydrogen-bond acceptors (Lipinski definition) is 10. The van der Waals surface area contributed by atoms with Crippen LogP contribution in [0.5, 0.6) is 11.5 Å². The summed E-state index contributed by atoms with van der Waals surface area (Å²) in [5.74, 6) is 14.4. The molecule has 2 aromatic heterocycles. The quantitative estimate of drug-likeness (QED) is 0.147. The smallest absolute Gasteiger partial charge is 0.150 e. The summed E-state index contributed by atoms with van der Waals surface area (Å²) in [7, 11) is 0. The van der Waals surface area contributed by atoms with Gasteiger partial charge in [0.05, 0.1) is 24.8 Å². The first-order valence-corrected chi connectivity index (χ1v) is 55.8. The predicted molar refractivity (Wildman–Crippen MR) is 595 cm³/mol. The number of ether oxygens (including phenoxy) is 2. The van der Waals surface area contributed by atoms with Crippen molar-refractivity contribution in [3.63, 3.8) is 0 Å². The van der Waals surface area contributed by atoms with E-state index in [0.717, 1.165) is 58.9 Å². The van der Waals surface area contributed by atoms with Crippen LogP contribution in [0.25, 0.3) is 27.8 Å². The maximum Gasteiger partial charge on any atom is 0.150 e. The monoisotopic (exact) mass is 1900 g/mol. The summed E-state index contributed by atoms with van der Waals surface area (Å²) in [5, 5.41) is 7.96. The fourth-order valence-corrected chi connectivity index (χ4v) is 25.0. The summed E-state index contributed by atoms with van der Waals surface area (Å²) in [6, 6.07) is 94.9. The minimum atomic E-state index is 0.404. The zero-order chi connectivity index (χ0) is 97.6. The van der Waals surface area contributed by atoms with Gasteiger partial charge in [-0.15, -0.1) is 58.8 Å². The second-order valence-corrected chi connectivity index (χ2v) is 40.1. The molecule has 5 atom stereocenters. The van der Waals surface area contributed by atoms with Gasteiger partial charge in [0.25, 0.3) is 0 Å². The van der Waals surface area contributed by atoms with Crippen LogP contribution in [0, 0.1) is 35.5 Å². The molecule has 135 heavy (non-hydrogen) atoms. The van der Waals surface area contributed by atoms with Crippen LogP contribution in [0.15, 0.2) is 313 Å². The minimum absolute atomic E-state index is 0.404. The molecule has 5 nitrogen and oxygen atoms in total. The van der Waals surface area contributed by atoms with Gasteiger partial charge in [0.1, 0.15) is 23.7 Å². The lowest BCUT2D eigenvalue weighted by Crippen LogP contribution is -2.14. The van der Waals surface area contributed by atoms with Crippen LogP contribution in [0.2, 0.25) is 0 Å². The van der Waals surface area contributed by atoms with Crippen molar-refractivity contribution < 1.29 is 18.4 Å². The average molecular weight is 1900 g/mol. The van der Waals surface area contributed by atoms with E-state index in [-0.39, 0.29) is 0 Å². The van der Waals surface area contributed by atoms with Gasteiger partial charge in [-0.1, -0.05) is 416 Å². The molecule has 0 bridgehead atoms. The highest BCUT2D eigenvalue weighted by molar-refractivity contribution is 7.99. The number of rotatable bonds is 8. The van der Waals surface area contributed by atoms with Crippen molar-refractivity contribution in [1.82, 2.24) is 5.16 Å². The molecule has 7 aliphatic rings. The molecular formula is C125H157NO4S5. The van der Waals surface area contributed by atoms with Crippen molar-refractivity contribution >= 4 is 86.6 Å². The van der Waals surface area contributed by atoms with Crippen LogP contribution in [0.3, 0.4) is 0 Å². The number of aryl methyl sites for hydroxylation is 1. The van der Waals surface area contributed by atoms with Crippen LogP contribution >= 0.6 is 58.8 Å². The van der Waals surface area contributed by atoms with E-state index in [2.05, 4.69) is 361 Å². The van der Waals surface area contributed by atoms with E-state index in [4.69, 9.17) is 18.4 Å². The Morgan fingerprint density at radius 2 is 0.681 bits per heavy atom. The number of benzene rings is 12. The van der Waals surface area contributed by atoms with Crippen LogP contribution in [-0.2, 0) is 35.2 Å². The van der Waals surface area contributed by atoms with Crippen molar-refractivity contribution in [2.75, 3.05) is 13.2 Å². The first kappa shape index (κ1) is 109. The highest BCUT2D eigenvalue weighted by Crippen LogP contribution is 2.54. The maximum atomic E-state index is 6.29. The molecule has 14 aromatic rings. The summed E-state index contributed by atoms with van der Waals surface area (Å²) in [4.78, 5) is 7.08. The molecule has 21 rings (SSSR count). The molecule has 0 fully saturated rings. The van der Waals surface area contributed by atoms with E-state index in [9.17, 15) is 0 Å². The zero-order valence-corrected chi connectivity index (χ0v) is 90.3. The largest absolute Gasteiger partial charge is 0.493 e. The average Bonchev–Trinajstić information content (AvgIpc) is 1.76. The molecule has 10 heteroatoms. The fourth-order valence-electron chi connectivity index (χ4n) is 19.5. The highest BCUT2D eigenvalue weighted by atomic mass is 32.2. The number of aromatic nitrogens is 1. The van der Waals surface area contributed by atoms with Gasteiger partial charge in [-0.2, -0.15) is 0 Å². The molecule has 5 unspecified atom stereocenters. The van der Waals surface area contributed by atoms with Crippen LogP contribution in [0.1, 0.15) is 334 Å². The van der Waals surface area contributed by atoms with Gasteiger partial charge in [-0.25, -0.2) is 0 Å². The molecular weight excluding hydrogens is 1740 g/mol. The van der Waals surface area contributed by atoms with Crippen molar-refractivity contribution in [1.29, 1.82) is 0 Å². The zero-order valence-electron chi connectivity index (χ0n) is 86.3. The Morgan fingerprint density at radius 3 is 1.15 bits per heavy atom. The van der Waals surface area contributed by atoms with E-state index in [1.807, 2.05) is 168 Å². The molecule has 0 aliphatic carbocycles. The molecule has 716 valence electrons. The molecule has 0 spiro atoms. The maximum absolute atomic E-state index is 6.29. The van der Waals surface area contributed by atoms with Gasteiger partial charge >= 0.3 is 0 Å². The molecule has 0 saturated carbocycles. The number of hydrogen-bond donors (Lipinski definition) is 0. The second kappa shape index (κ2) is 56.6. The summed E-state index contributed by atoms with van der Waals surface area (Å²) in [5.41, 5.74) is 26.7. The van der Waals surface area contributed by atoms with E-state index >= 15 is 0 Å². The van der Waals surface area contributed by atoms with Crippen molar-refractivity contribution in [2.45, 2.75) is 288 Å². The Kier molecular flexibility index (Phi) is 45.8. The van der Waals surface area contributed by atoms with Gasteiger partial charge < -0.3 is 18.4 Å². The van der Waals surface area contributed by atoms with Crippen molar-refractivity contribution in [3.8, 4) is 11.5 Å². The first-order chi connectivity index (χ1) is 66.1. The normalized spacial score (nSPS) is 16.0. The van der Waals surface area contributed by atoms with E-state index < -0.39 is 0 Å². The van der Waals surface area contributed by atoms with Gasteiger partial charge in [0.15, 0.2) is 5.76 Å². The third-order valence-corrected chi connectivity index (χ3v) is 30.6. The highest BCUT2D eigenvalue weighted by Gasteiger charge is 2.36. The fraction of sp³-hybridized carbons (Fsp3) is 0.384. The summed E-state index contributed by atoms with van der Waals surface area (Å²) >= 11 is 9.69. The molecule has 0 N–H and O–H groups in total. The lowest BCUT2D eigenvalue weighted by atomic mass is 9.78. The number of fused-ring (bicyclic) bond motifs is 18. The Balaban J connectivity index is 0.000000178. The Bertz CT molecular complexity index is 5860. The Hall–Kier alpha value is -9.26. The first-order valence-electron chi connectivity index (χ1n) is 50.9. The molecule has 0 saturated heterocycles. The van der Waals surface area contributed by atoms with Gasteiger partial charge in [-0.05, 0) is 180 Å². The lowest BCUT2D eigenvalue weighted by molar-refractivity contribution is 0.310. The summed E-state index contributed by atoms with van der Waals surface area (Å²) < 4.78 is 23.6. The molecule has 12 aromatic carbocycles. The topological polar surface area (TPSA) is 57.6 Å². The van der Waals surface area contributed by atoms with Gasteiger partial charge in [-0.3, -0.25) is 0 Å². The van der Waals surface area contributed by atoms with Crippen LogP contribution < -0.4 is 9.47 Å². The lowest BCUT2D eigenvalue weighted by Gasteiger charge is -2.28. The van der Waals surface area contributed by atoms with Crippen molar-refractivity contribution in [3.05, 3.63) is 385 Å². The minimum Gasteiger partial charge on any atom is -0.493 e. The Morgan fingerprint density at radius 1 is 0.311 bits per heavy atom. The van der Waals surface area contributed by atoms with E-state index in [0.29, 0.717) is 77.6 Å². The van der Waals surface area contributed by atoms with Crippen LogP contribution in [0.4, 0.5) is 0 Å². The number of nitrogens with zero attached hydrogens (tertiary/aromatic N) is 1. The molecule has 9 heterocycles. The van der Waals surface area contributed by atoms with Crippen molar-refractivity contribution in [2.24, 2.45) is 35.5 Å².